The number of phenolic OH excluding ortho intramolecular Hbond substituents is 1. The summed E-state index contributed by atoms with van der Waals surface area (Å²) in [6.07, 6.45) is 1.36. The van der Waals surface area contributed by atoms with Crippen LogP contribution in [0.1, 0.15) is 39.4 Å². The molecule has 0 saturated carbocycles. The van der Waals surface area contributed by atoms with Crippen LogP contribution in [-0.2, 0) is 13.0 Å². The summed E-state index contributed by atoms with van der Waals surface area (Å²) in [7, 11) is 0. The zero-order chi connectivity index (χ0) is 17.9. The van der Waals surface area contributed by atoms with Gasteiger partial charge in [-0.3, -0.25) is 4.79 Å². The number of carbonyl (C=O) groups is 1. The monoisotopic (exact) mass is 344 g/mol. The normalized spacial score (nSPS) is 16.2. The van der Waals surface area contributed by atoms with Crippen LogP contribution in [0.4, 0.5) is 0 Å². The van der Waals surface area contributed by atoms with Crippen molar-refractivity contribution in [3.63, 3.8) is 0 Å². The second-order valence-electron chi connectivity index (χ2n) is 6.57. The van der Waals surface area contributed by atoms with Gasteiger partial charge in [-0.25, -0.2) is 0 Å². The SMILES string of the molecule is O=C1c2cccc(O)c2CCC1c1ccccc1OCc1ccccc1. The topological polar surface area (TPSA) is 46.5 Å². The lowest BCUT2D eigenvalue weighted by molar-refractivity contribution is 0.0943. The minimum atomic E-state index is -0.240. The molecule has 0 amide bonds. The van der Waals surface area contributed by atoms with Gasteiger partial charge >= 0.3 is 0 Å². The second-order valence-corrected chi connectivity index (χ2v) is 6.57. The van der Waals surface area contributed by atoms with Crippen molar-refractivity contribution in [2.24, 2.45) is 0 Å². The van der Waals surface area contributed by atoms with Gasteiger partial charge in [0.05, 0.1) is 5.92 Å². The maximum absolute atomic E-state index is 13.0. The number of fused-ring (bicyclic) bond motifs is 1. The zero-order valence-corrected chi connectivity index (χ0v) is 14.4. The molecule has 4 rings (SSSR count). The summed E-state index contributed by atoms with van der Waals surface area (Å²) in [6.45, 7) is 0.468. The summed E-state index contributed by atoms with van der Waals surface area (Å²) in [4.78, 5) is 13.0. The minimum Gasteiger partial charge on any atom is -0.508 e. The number of ether oxygens (including phenoxy) is 1. The Labute approximate surface area is 152 Å². The number of rotatable bonds is 4. The molecule has 0 aliphatic heterocycles. The fourth-order valence-electron chi connectivity index (χ4n) is 3.61. The highest BCUT2D eigenvalue weighted by molar-refractivity contribution is 6.04. The van der Waals surface area contributed by atoms with Gasteiger partial charge in [-0.15, -0.1) is 0 Å². The van der Waals surface area contributed by atoms with E-state index in [9.17, 15) is 9.90 Å². The molecule has 0 radical (unpaired) electrons. The van der Waals surface area contributed by atoms with Crippen molar-refractivity contribution in [3.05, 3.63) is 95.1 Å². The lowest BCUT2D eigenvalue weighted by Gasteiger charge is -2.25. The van der Waals surface area contributed by atoms with Gasteiger partial charge in [-0.05, 0) is 30.5 Å². The summed E-state index contributed by atoms with van der Waals surface area (Å²) in [5.74, 6) is 0.774. The van der Waals surface area contributed by atoms with Crippen LogP contribution in [0.25, 0.3) is 0 Å². The van der Waals surface area contributed by atoms with Crippen molar-refractivity contribution in [2.45, 2.75) is 25.4 Å². The van der Waals surface area contributed by atoms with E-state index in [0.717, 1.165) is 22.4 Å². The van der Waals surface area contributed by atoms with Gasteiger partial charge in [0.2, 0.25) is 0 Å². The molecule has 3 nitrogen and oxygen atoms in total. The summed E-state index contributed by atoms with van der Waals surface area (Å²) < 4.78 is 6.03. The average Bonchev–Trinajstić information content (AvgIpc) is 2.69. The molecule has 0 spiro atoms. The maximum atomic E-state index is 13.0. The third-order valence-electron chi connectivity index (χ3n) is 4.95. The summed E-state index contributed by atoms with van der Waals surface area (Å²) >= 11 is 0. The summed E-state index contributed by atoms with van der Waals surface area (Å²) in [5, 5.41) is 10.0. The van der Waals surface area contributed by atoms with Crippen molar-refractivity contribution in [2.75, 3.05) is 0 Å². The number of hydrogen-bond acceptors (Lipinski definition) is 3. The zero-order valence-electron chi connectivity index (χ0n) is 14.4. The first-order valence-electron chi connectivity index (χ1n) is 8.85. The smallest absolute Gasteiger partial charge is 0.170 e. The van der Waals surface area contributed by atoms with Crippen LogP contribution < -0.4 is 4.74 Å². The van der Waals surface area contributed by atoms with E-state index < -0.39 is 0 Å². The van der Waals surface area contributed by atoms with E-state index in [1.165, 1.54) is 0 Å². The first kappa shape index (κ1) is 16.4. The van der Waals surface area contributed by atoms with E-state index in [2.05, 4.69) is 0 Å². The first-order chi connectivity index (χ1) is 12.7. The third kappa shape index (κ3) is 3.08. The number of hydrogen-bond donors (Lipinski definition) is 1. The van der Waals surface area contributed by atoms with Crippen molar-refractivity contribution >= 4 is 5.78 Å². The predicted octanol–water partition coefficient (Wildman–Crippen LogP) is 4.88. The number of ketones is 1. The van der Waals surface area contributed by atoms with Gasteiger partial charge < -0.3 is 9.84 Å². The lowest BCUT2D eigenvalue weighted by atomic mass is 9.78. The third-order valence-corrected chi connectivity index (χ3v) is 4.95. The number of aromatic hydroxyl groups is 1. The van der Waals surface area contributed by atoms with Crippen molar-refractivity contribution in [1.29, 1.82) is 0 Å². The summed E-state index contributed by atoms with van der Waals surface area (Å²) in [5.41, 5.74) is 3.39. The molecule has 130 valence electrons. The van der Waals surface area contributed by atoms with Gasteiger partial charge in [-0.2, -0.15) is 0 Å². The van der Waals surface area contributed by atoms with E-state index >= 15 is 0 Å². The molecule has 1 atom stereocenters. The Balaban J connectivity index is 1.61. The Morgan fingerprint density at radius 3 is 2.54 bits per heavy atom. The van der Waals surface area contributed by atoms with Crippen molar-refractivity contribution in [1.82, 2.24) is 0 Å². The molecule has 3 aromatic carbocycles. The van der Waals surface area contributed by atoms with E-state index in [-0.39, 0.29) is 17.5 Å². The van der Waals surface area contributed by atoms with Crippen LogP contribution in [0.2, 0.25) is 0 Å². The maximum Gasteiger partial charge on any atom is 0.170 e. The molecule has 1 unspecified atom stereocenters. The highest BCUT2D eigenvalue weighted by Crippen LogP contribution is 2.39. The fourth-order valence-corrected chi connectivity index (χ4v) is 3.61. The number of Topliss-reactive ketones (excluding diaryl/α,β-unsaturated/α-hetero) is 1. The number of benzene rings is 3. The Hall–Kier alpha value is -3.07. The van der Waals surface area contributed by atoms with Gasteiger partial charge in [-0.1, -0.05) is 60.7 Å². The van der Waals surface area contributed by atoms with Crippen LogP contribution in [-0.4, -0.2) is 10.9 Å². The Morgan fingerprint density at radius 2 is 1.69 bits per heavy atom. The van der Waals surface area contributed by atoms with E-state index in [0.29, 0.717) is 25.0 Å². The molecule has 0 bridgehead atoms. The molecule has 0 heterocycles. The molecule has 1 aliphatic carbocycles. The highest BCUT2D eigenvalue weighted by Gasteiger charge is 2.31. The van der Waals surface area contributed by atoms with Gasteiger partial charge in [0.15, 0.2) is 5.78 Å². The number of carbonyl (C=O) groups excluding carboxylic acids is 1. The second kappa shape index (κ2) is 7.04. The first-order valence-corrected chi connectivity index (χ1v) is 8.85. The summed E-state index contributed by atoms with van der Waals surface area (Å²) in [6, 6.07) is 22.9. The average molecular weight is 344 g/mol. The molecular weight excluding hydrogens is 324 g/mol. The standard InChI is InChI=1S/C23H20O3/c24-21-11-6-10-19-17(21)13-14-20(23(19)25)18-9-4-5-12-22(18)26-15-16-7-2-1-3-8-16/h1-12,20,24H,13-15H2. The molecule has 0 fully saturated rings. The van der Waals surface area contributed by atoms with Crippen LogP contribution in [0.3, 0.4) is 0 Å². The predicted molar refractivity (Wildman–Crippen MR) is 101 cm³/mol. The molecule has 0 saturated heterocycles. The van der Waals surface area contributed by atoms with Crippen LogP contribution >= 0.6 is 0 Å². The molecule has 1 aliphatic rings. The Morgan fingerprint density at radius 1 is 0.923 bits per heavy atom. The molecule has 26 heavy (non-hydrogen) atoms. The van der Waals surface area contributed by atoms with E-state index in [4.69, 9.17) is 4.74 Å². The van der Waals surface area contributed by atoms with E-state index in [1.807, 2.05) is 54.6 Å². The Kier molecular flexibility index (Phi) is 4.44. The quantitative estimate of drug-likeness (QED) is 0.733. The van der Waals surface area contributed by atoms with Gasteiger partial charge in [0, 0.05) is 16.7 Å². The number of para-hydroxylation sites is 1. The minimum absolute atomic E-state index is 0.0536. The van der Waals surface area contributed by atoms with Crippen molar-refractivity contribution in [3.8, 4) is 11.5 Å². The molecule has 1 N–H and O–H groups in total. The van der Waals surface area contributed by atoms with Crippen LogP contribution in [0.15, 0.2) is 72.8 Å². The fraction of sp³-hybridized carbons (Fsp3) is 0.174. The van der Waals surface area contributed by atoms with Gasteiger partial charge in [0.25, 0.3) is 0 Å². The van der Waals surface area contributed by atoms with E-state index in [1.54, 1.807) is 18.2 Å². The molecule has 3 heteroatoms. The lowest BCUT2D eigenvalue weighted by Crippen LogP contribution is -2.21. The van der Waals surface area contributed by atoms with Crippen LogP contribution in [0.5, 0.6) is 11.5 Å². The number of phenols is 1. The van der Waals surface area contributed by atoms with Gasteiger partial charge in [0.1, 0.15) is 18.1 Å². The highest BCUT2D eigenvalue weighted by atomic mass is 16.5. The van der Waals surface area contributed by atoms with Crippen molar-refractivity contribution < 1.29 is 14.6 Å². The van der Waals surface area contributed by atoms with Crippen LogP contribution in [0, 0.1) is 0 Å². The molecule has 3 aromatic rings. The molecular formula is C23H20O3. The molecule has 0 aromatic heterocycles. The largest absolute Gasteiger partial charge is 0.508 e. The Bertz CT molecular complexity index is 931.